The van der Waals surface area contributed by atoms with E-state index in [1.165, 1.54) is 25.8 Å². The molecule has 0 spiro atoms. The zero-order valence-corrected chi connectivity index (χ0v) is 36.8. The molecule has 18 heteroatoms. The number of aromatic nitrogens is 2. The van der Waals surface area contributed by atoms with Crippen molar-refractivity contribution in [1.29, 1.82) is 0 Å². The molecule has 1 aromatic rings. The minimum absolute atomic E-state index is 0.119. The number of fused-ring (bicyclic) bond motifs is 1. The zero-order chi connectivity index (χ0) is 43.8. The Morgan fingerprint density at radius 3 is 2.28 bits per heavy atom. The molecule has 3 aliphatic heterocycles. The topological polar surface area (TPSA) is 227 Å². The van der Waals surface area contributed by atoms with Gasteiger partial charge in [-0.25, -0.2) is 9.97 Å². The number of amidine groups is 1. The van der Waals surface area contributed by atoms with Crippen LogP contribution in [-0.2, 0) is 48.7 Å². The lowest BCUT2D eigenvalue weighted by Crippen LogP contribution is -2.45. The minimum atomic E-state index is -1.43. The third-order valence-electron chi connectivity index (χ3n) is 10.5. The molecule has 3 saturated heterocycles. The molecule has 3 N–H and O–H groups in total. The summed E-state index contributed by atoms with van der Waals surface area (Å²) in [6.45, 7) is 17.2. The number of nitrogens with zero attached hydrogens (tertiary/aromatic N) is 6. The van der Waals surface area contributed by atoms with Crippen LogP contribution in [0, 0.1) is 29.6 Å². The highest BCUT2D eigenvalue weighted by atomic mass is 32.2. The molecule has 326 valence electrons. The number of methoxy groups -OCH3 is 1. The molecule has 3 aliphatic rings. The fraction of sp³-hybridized carbons (Fsp3) is 0.725. The summed E-state index contributed by atoms with van der Waals surface area (Å²) < 4.78 is 22.2. The van der Waals surface area contributed by atoms with Crippen molar-refractivity contribution in [3.8, 4) is 0 Å². The zero-order valence-electron chi connectivity index (χ0n) is 36.0. The van der Waals surface area contributed by atoms with Gasteiger partial charge in [0, 0.05) is 62.9 Å². The lowest BCUT2D eigenvalue weighted by atomic mass is 9.75. The summed E-state index contributed by atoms with van der Waals surface area (Å²) in [5, 5.41) is 21.1. The SMILES string of the molecule is C=N/N=C(/CO/N=C(\N)C1C(=O)O[C@]2(C)COC(=O)C(C)C(=O)C(C)C[C@](C)(OC)C[C@@H](C)C(=O)CC12)SCc1ncccn1.CC.CC1CC(N(C)C)CC(O)O1. The van der Waals surface area contributed by atoms with Crippen molar-refractivity contribution in [2.45, 2.75) is 123 Å². The van der Waals surface area contributed by atoms with Gasteiger partial charge in [-0.05, 0) is 67.1 Å². The van der Waals surface area contributed by atoms with Crippen molar-refractivity contribution in [3.63, 3.8) is 0 Å². The van der Waals surface area contributed by atoms with Gasteiger partial charge in [0.15, 0.2) is 18.7 Å². The van der Waals surface area contributed by atoms with Crippen LogP contribution in [0.5, 0.6) is 0 Å². The number of aliphatic hydroxyl groups is 1. The van der Waals surface area contributed by atoms with Gasteiger partial charge in [0.1, 0.15) is 46.5 Å². The summed E-state index contributed by atoms with van der Waals surface area (Å²) in [5.41, 5.74) is 4.04. The number of rotatable bonds is 9. The van der Waals surface area contributed by atoms with Crippen LogP contribution in [-0.4, -0.2) is 125 Å². The Hall–Kier alpha value is -3.84. The third kappa shape index (κ3) is 14.8. The van der Waals surface area contributed by atoms with Gasteiger partial charge in [0.05, 0.1) is 17.5 Å². The molecule has 1 aromatic heterocycles. The van der Waals surface area contributed by atoms with Gasteiger partial charge >= 0.3 is 11.9 Å². The maximum Gasteiger partial charge on any atom is 0.317 e. The van der Waals surface area contributed by atoms with Gasteiger partial charge in [-0.1, -0.05) is 44.6 Å². The average Bonchev–Trinajstić information content (AvgIpc) is 3.43. The van der Waals surface area contributed by atoms with Crippen molar-refractivity contribution in [2.24, 2.45) is 50.7 Å². The number of cyclic esters (lactones) is 1. The van der Waals surface area contributed by atoms with E-state index in [0.29, 0.717) is 35.5 Å². The molecular formula is C40H65N7O10S. The van der Waals surface area contributed by atoms with E-state index in [4.69, 9.17) is 29.5 Å². The van der Waals surface area contributed by atoms with Crippen LogP contribution in [0.3, 0.4) is 0 Å². The van der Waals surface area contributed by atoms with E-state index >= 15 is 0 Å². The van der Waals surface area contributed by atoms with Gasteiger partial charge < -0.3 is 39.5 Å². The van der Waals surface area contributed by atoms with Crippen molar-refractivity contribution >= 4 is 52.9 Å². The van der Waals surface area contributed by atoms with Crippen LogP contribution in [0.25, 0.3) is 0 Å². The first-order valence-electron chi connectivity index (χ1n) is 19.7. The number of esters is 2. The molecule has 10 atom stereocenters. The van der Waals surface area contributed by atoms with E-state index in [2.05, 4.69) is 36.9 Å². The second-order valence-corrected chi connectivity index (χ2v) is 16.5. The largest absolute Gasteiger partial charge is 0.461 e. The molecule has 0 amide bonds. The average molecular weight is 836 g/mol. The number of Topliss-reactive ketones (excluding diaryl/α,β-unsaturated/α-hetero) is 2. The Kier molecular flexibility index (Phi) is 20.5. The molecule has 0 bridgehead atoms. The normalized spacial score (nSPS) is 32.6. The first kappa shape index (κ1) is 50.3. The highest BCUT2D eigenvalue weighted by Crippen LogP contribution is 2.42. The molecule has 0 saturated carbocycles. The third-order valence-corrected chi connectivity index (χ3v) is 11.5. The molecular weight excluding hydrogens is 771 g/mol. The predicted octanol–water partition coefficient (Wildman–Crippen LogP) is 4.20. The number of aliphatic hydroxyl groups excluding tert-OH is 1. The molecule has 0 radical (unpaired) electrons. The van der Waals surface area contributed by atoms with E-state index in [-0.39, 0.29) is 43.1 Å². The van der Waals surface area contributed by atoms with Crippen LogP contribution in [0.1, 0.15) is 93.3 Å². The number of thioether (sulfide) groups is 1. The fourth-order valence-corrected chi connectivity index (χ4v) is 7.90. The van der Waals surface area contributed by atoms with Crippen molar-refractivity contribution in [2.75, 3.05) is 34.4 Å². The van der Waals surface area contributed by atoms with Crippen molar-refractivity contribution < 1.29 is 48.1 Å². The molecule has 17 nitrogen and oxygen atoms in total. The molecule has 7 unspecified atom stereocenters. The van der Waals surface area contributed by atoms with Gasteiger partial charge in [-0.2, -0.15) is 5.10 Å². The number of nitrogens with two attached hydrogens (primary N) is 1. The summed E-state index contributed by atoms with van der Waals surface area (Å²) >= 11 is 1.26. The summed E-state index contributed by atoms with van der Waals surface area (Å²) in [4.78, 5) is 68.8. The molecule has 4 rings (SSSR count). The van der Waals surface area contributed by atoms with Crippen LogP contribution in [0.2, 0.25) is 0 Å². The monoisotopic (exact) mass is 835 g/mol. The van der Waals surface area contributed by atoms with E-state index in [1.807, 2.05) is 41.8 Å². The Bertz CT molecular complexity index is 1570. The lowest BCUT2D eigenvalue weighted by molar-refractivity contribution is -0.172. The van der Waals surface area contributed by atoms with Gasteiger partial charge in [0.25, 0.3) is 0 Å². The van der Waals surface area contributed by atoms with Crippen LogP contribution in [0.4, 0.5) is 0 Å². The Balaban J connectivity index is 0.000000761. The first-order chi connectivity index (χ1) is 27.3. The van der Waals surface area contributed by atoms with Crippen LogP contribution in [0.15, 0.2) is 33.8 Å². The van der Waals surface area contributed by atoms with Gasteiger partial charge in [-0.15, -0.1) is 5.10 Å². The molecule has 4 heterocycles. The summed E-state index contributed by atoms with van der Waals surface area (Å²) in [6.07, 6.45) is 5.12. The van der Waals surface area contributed by atoms with E-state index in [0.717, 1.165) is 12.8 Å². The van der Waals surface area contributed by atoms with E-state index in [1.54, 1.807) is 39.2 Å². The number of carbonyl (C=O) groups excluding carboxylic acids is 4. The summed E-state index contributed by atoms with van der Waals surface area (Å²) in [7, 11) is 5.60. The fourth-order valence-electron chi connectivity index (χ4n) is 7.21. The van der Waals surface area contributed by atoms with E-state index < -0.39 is 59.0 Å². The number of hydrogen-bond acceptors (Lipinski definition) is 17. The predicted molar refractivity (Wildman–Crippen MR) is 222 cm³/mol. The highest BCUT2D eigenvalue weighted by molar-refractivity contribution is 8.13. The number of oxime groups is 1. The number of carbonyl (C=O) groups is 4. The Labute approximate surface area is 347 Å². The second-order valence-electron chi connectivity index (χ2n) is 15.5. The number of ketones is 2. The maximum absolute atomic E-state index is 13.6. The van der Waals surface area contributed by atoms with E-state index in [9.17, 15) is 24.3 Å². The second kappa shape index (κ2) is 23.7. The van der Waals surface area contributed by atoms with Gasteiger partial charge in [0.2, 0.25) is 0 Å². The molecule has 3 fully saturated rings. The van der Waals surface area contributed by atoms with Crippen molar-refractivity contribution in [1.82, 2.24) is 14.9 Å². The smallest absolute Gasteiger partial charge is 0.317 e. The Morgan fingerprint density at radius 2 is 1.69 bits per heavy atom. The standard InChI is InChI=1S/C30H42N6O8S.C8H17NO2.C2H6/c1-17-12-29(4,41-7)13-18(2)25(38)19(3)27(39)42-16-30(5)20(11-21(17)37)24(28(40)44-30)26(31)36-43-14-23(35-32-6)45-15-22-33-9-8-10-34-22;1-6-4-7(9(2)3)5-8(10)11-6;1-2/h8-10,17-20,24H,6,11-16H2,1-5,7H3,(H2,31,36);6-8,10H,4-5H2,1-3H3;1-2H3/b35-23-;;/t17-,18?,19?,20?,24?,29-,30-;;/m1../s1. The van der Waals surface area contributed by atoms with Gasteiger partial charge in [-0.3, -0.25) is 19.2 Å². The highest BCUT2D eigenvalue weighted by Gasteiger charge is 2.56. The quantitative estimate of drug-likeness (QED) is 0.117. The Morgan fingerprint density at radius 1 is 1.05 bits per heavy atom. The first-order valence-corrected chi connectivity index (χ1v) is 20.7. The van der Waals surface area contributed by atoms with Crippen LogP contribution >= 0.6 is 11.8 Å². The lowest BCUT2D eigenvalue weighted by Gasteiger charge is -2.35. The number of ether oxygens (including phenoxy) is 4. The summed E-state index contributed by atoms with van der Waals surface area (Å²) in [6, 6.07) is 2.17. The molecule has 0 aromatic carbocycles. The molecule has 0 aliphatic carbocycles. The molecule has 58 heavy (non-hydrogen) atoms. The number of hydrogen-bond donors (Lipinski definition) is 2. The van der Waals surface area contributed by atoms with Crippen molar-refractivity contribution in [3.05, 3.63) is 24.3 Å². The minimum Gasteiger partial charge on any atom is -0.461 e. The maximum atomic E-state index is 13.6. The van der Waals surface area contributed by atoms with Crippen LogP contribution < -0.4 is 5.73 Å². The summed E-state index contributed by atoms with van der Waals surface area (Å²) in [5.74, 6) is -5.33.